The predicted octanol–water partition coefficient (Wildman–Crippen LogP) is 2.52. The lowest BCUT2D eigenvalue weighted by atomic mass is 9.90. The molecule has 4 amide bonds. The van der Waals surface area contributed by atoms with Gasteiger partial charge in [-0.25, -0.2) is 4.79 Å². The smallest absolute Gasteiger partial charge is 0.323 e. The number of nitro benzene ring substituents is 1. The molecular formula is C20H24N4O5. The Kier molecular flexibility index (Phi) is 4.97. The number of nitro groups is 1. The van der Waals surface area contributed by atoms with Crippen molar-refractivity contribution in [3.8, 4) is 0 Å². The van der Waals surface area contributed by atoms with E-state index in [0.29, 0.717) is 37.9 Å². The third-order valence-electron chi connectivity index (χ3n) is 6.19. The average molecular weight is 400 g/mol. The first-order valence-corrected chi connectivity index (χ1v) is 10.1. The van der Waals surface area contributed by atoms with Gasteiger partial charge in [-0.1, -0.05) is 25.7 Å². The fourth-order valence-electron chi connectivity index (χ4n) is 4.67. The number of imide groups is 1. The largest absolute Gasteiger partial charge is 0.325 e. The number of benzene rings is 1. The molecule has 1 saturated carbocycles. The van der Waals surface area contributed by atoms with Crippen molar-refractivity contribution in [3.63, 3.8) is 0 Å². The van der Waals surface area contributed by atoms with Crippen molar-refractivity contribution in [1.29, 1.82) is 0 Å². The van der Waals surface area contributed by atoms with E-state index in [1.54, 1.807) is 6.07 Å². The molecule has 1 spiro atoms. The van der Waals surface area contributed by atoms with Crippen LogP contribution in [0.4, 0.5) is 16.2 Å². The predicted molar refractivity (Wildman–Crippen MR) is 104 cm³/mol. The van der Waals surface area contributed by atoms with Crippen molar-refractivity contribution in [2.75, 3.05) is 18.0 Å². The van der Waals surface area contributed by atoms with E-state index in [9.17, 15) is 24.5 Å². The first kappa shape index (κ1) is 19.4. The minimum absolute atomic E-state index is 0.0116. The Bertz CT molecular complexity index is 876. The molecule has 154 valence electrons. The standard InChI is InChI=1S/C20H24N4O5/c25-17(22-11-5-6-14-12-15(24(28)29)7-8-16(14)22)13-23-18(26)20(21-19(23)27)9-3-1-2-4-10-20/h7-8,12H,1-6,9-11,13H2,(H,21,27). The fraction of sp³-hybridized carbons (Fsp3) is 0.550. The van der Waals surface area contributed by atoms with E-state index in [0.717, 1.165) is 36.1 Å². The van der Waals surface area contributed by atoms with Crippen molar-refractivity contribution in [1.82, 2.24) is 10.2 Å². The third kappa shape index (κ3) is 3.45. The summed E-state index contributed by atoms with van der Waals surface area (Å²) in [5.41, 5.74) is 0.468. The Morgan fingerprint density at radius 1 is 1.14 bits per heavy atom. The van der Waals surface area contributed by atoms with E-state index in [1.807, 2.05) is 0 Å². The summed E-state index contributed by atoms with van der Waals surface area (Å²) in [5.74, 6) is -0.660. The third-order valence-corrected chi connectivity index (χ3v) is 6.19. The molecule has 2 aliphatic heterocycles. The number of fused-ring (bicyclic) bond motifs is 1. The number of nitrogens with zero attached hydrogens (tertiary/aromatic N) is 3. The molecule has 29 heavy (non-hydrogen) atoms. The van der Waals surface area contributed by atoms with Gasteiger partial charge >= 0.3 is 6.03 Å². The molecule has 1 saturated heterocycles. The van der Waals surface area contributed by atoms with Crippen LogP contribution in [0.25, 0.3) is 0 Å². The Morgan fingerprint density at radius 2 is 1.86 bits per heavy atom. The summed E-state index contributed by atoms with van der Waals surface area (Å²) in [5, 5.41) is 13.9. The zero-order valence-electron chi connectivity index (χ0n) is 16.2. The number of aryl methyl sites for hydroxylation is 1. The molecule has 4 rings (SSSR count). The van der Waals surface area contributed by atoms with Crippen LogP contribution in [0, 0.1) is 10.1 Å². The number of non-ortho nitro benzene ring substituents is 1. The number of anilines is 1. The molecule has 0 bridgehead atoms. The normalized spacial score (nSPS) is 21.0. The summed E-state index contributed by atoms with van der Waals surface area (Å²) in [4.78, 5) is 51.6. The summed E-state index contributed by atoms with van der Waals surface area (Å²) in [7, 11) is 0. The van der Waals surface area contributed by atoms with Crippen LogP contribution in [0.15, 0.2) is 18.2 Å². The number of carbonyl (C=O) groups excluding carboxylic acids is 3. The Balaban J connectivity index is 1.52. The first-order valence-electron chi connectivity index (χ1n) is 10.1. The maximum absolute atomic E-state index is 13.0. The molecule has 1 N–H and O–H groups in total. The molecule has 0 aromatic heterocycles. The van der Waals surface area contributed by atoms with Gasteiger partial charge in [0, 0.05) is 24.4 Å². The van der Waals surface area contributed by atoms with Crippen LogP contribution in [0.3, 0.4) is 0 Å². The number of carbonyl (C=O) groups is 3. The second-order valence-electron chi connectivity index (χ2n) is 8.04. The zero-order valence-corrected chi connectivity index (χ0v) is 16.2. The van der Waals surface area contributed by atoms with Gasteiger partial charge in [0.1, 0.15) is 12.1 Å². The van der Waals surface area contributed by atoms with E-state index in [2.05, 4.69) is 5.32 Å². The SMILES string of the molecule is O=C1NC2(CCCCCC2)C(=O)N1CC(=O)N1CCCc2cc([N+](=O)[O-])ccc21. The van der Waals surface area contributed by atoms with Gasteiger partial charge in [0.15, 0.2) is 0 Å². The lowest BCUT2D eigenvalue weighted by Crippen LogP contribution is -2.48. The van der Waals surface area contributed by atoms with Crippen LogP contribution in [-0.2, 0) is 16.0 Å². The lowest BCUT2D eigenvalue weighted by molar-refractivity contribution is -0.384. The molecule has 3 aliphatic rings. The van der Waals surface area contributed by atoms with Gasteiger partial charge in [-0.3, -0.25) is 24.6 Å². The fourth-order valence-corrected chi connectivity index (χ4v) is 4.67. The van der Waals surface area contributed by atoms with E-state index in [4.69, 9.17) is 0 Å². The molecule has 1 aromatic carbocycles. The molecule has 9 nitrogen and oxygen atoms in total. The summed E-state index contributed by atoms with van der Waals surface area (Å²) in [6.45, 7) is 0.140. The van der Waals surface area contributed by atoms with E-state index in [1.165, 1.54) is 17.0 Å². The van der Waals surface area contributed by atoms with E-state index in [-0.39, 0.29) is 24.0 Å². The number of nitrogens with one attached hydrogen (secondary N) is 1. The van der Waals surface area contributed by atoms with Crippen molar-refractivity contribution >= 4 is 29.2 Å². The Labute approximate surface area is 168 Å². The van der Waals surface area contributed by atoms with Crippen molar-refractivity contribution in [2.24, 2.45) is 0 Å². The maximum Gasteiger partial charge on any atom is 0.325 e. The number of hydrogen-bond acceptors (Lipinski definition) is 5. The molecule has 0 atom stereocenters. The molecule has 0 unspecified atom stereocenters. The van der Waals surface area contributed by atoms with Crippen LogP contribution >= 0.6 is 0 Å². The van der Waals surface area contributed by atoms with Gasteiger partial charge in [0.05, 0.1) is 4.92 Å². The summed E-state index contributed by atoms with van der Waals surface area (Å²) in [6, 6.07) is 3.93. The minimum Gasteiger partial charge on any atom is -0.323 e. The van der Waals surface area contributed by atoms with Gasteiger partial charge in [-0.15, -0.1) is 0 Å². The second kappa shape index (κ2) is 7.46. The highest BCUT2D eigenvalue weighted by Crippen LogP contribution is 2.34. The molecule has 9 heteroatoms. The molecule has 2 heterocycles. The van der Waals surface area contributed by atoms with Crippen LogP contribution < -0.4 is 10.2 Å². The topological polar surface area (TPSA) is 113 Å². The summed E-state index contributed by atoms with van der Waals surface area (Å²) >= 11 is 0. The zero-order chi connectivity index (χ0) is 20.6. The highest BCUT2D eigenvalue weighted by molar-refractivity contribution is 6.10. The second-order valence-corrected chi connectivity index (χ2v) is 8.04. The van der Waals surface area contributed by atoms with Crippen LogP contribution in [0.5, 0.6) is 0 Å². The summed E-state index contributed by atoms with van der Waals surface area (Å²) < 4.78 is 0. The average Bonchev–Trinajstić information content (AvgIpc) is 2.87. The Morgan fingerprint density at radius 3 is 2.55 bits per heavy atom. The minimum atomic E-state index is -0.867. The van der Waals surface area contributed by atoms with Gasteiger partial charge in [-0.05, 0) is 37.3 Å². The van der Waals surface area contributed by atoms with E-state index < -0.39 is 16.5 Å². The summed E-state index contributed by atoms with van der Waals surface area (Å²) in [6.07, 6.45) is 6.38. The molecular weight excluding hydrogens is 376 g/mol. The highest BCUT2D eigenvalue weighted by atomic mass is 16.6. The van der Waals surface area contributed by atoms with E-state index >= 15 is 0 Å². The van der Waals surface area contributed by atoms with Gasteiger partial charge in [-0.2, -0.15) is 0 Å². The maximum atomic E-state index is 13.0. The number of urea groups is 1. The van der Waals surface area contributed by atoms with Crippen molar-refractivity contribution in [3.05, 3.63) is 33.9 Å². The monoisotopic (exact) mass is 400 g/mol. The van der Waals surface area contributed by atoms with Crippen LogP contribution in [-0.4, -0.2) is 46.3 Å². The van der Waals surface area contributed by atoms with Crippen molar-refractivity contribution < 1.29 is 19.3 Å². The number of hydrogen-bond donors (Lipinski definition) is 1. The Hall–Kier alpha value is -2.97. The molecule has 2 fully saturated rings. The molecule has 0 radical (unpaired) electrons. The van der Waals surface area contributed by atoms with Gasteiger partial charge < -0.3 is 10.2 Å². The lowest BCUT2D eigenvalue weighted by Gasteiger charge is -2.30. The molecule has 1 aliphatic carbocycles. The quantitative estimate of drug-likeness (QED) is 0.476. The van der Waals surface area contributed by atoms with Crippen LogP contribution in [0.2, 0.25) is 0 Å². The van der Waals surface area contributed by atoms with Gasteiger partial charge in [0.2, 0.25) is 5.91 Å². The molecule has 1 aromatic rings. The number of rotatable bonds is 3. The first-order chi connectivity index (χ1) is 13.9. The number of amides is 4. The highest BCUT2D eigenvalue weighted by Gasteiger charge is 2.51. The van der Waals surface area contributed by atoms with Crippen LogP contribution in [0.1, 0.15) is 50.5 Å². The van der Waals surface area contributed by atoms with Crippen molar-refractivity contribution in [2.45, 2.75) is 56.9 Å². The van der Waals surface area contributed by atoms with Gasteiger partial charge in [0.25, 0.3) is 11.6 Å².